The molecule has 13 heavy (non-hydrogen) atoms. The Labute approximate surface area is 77.0 Å². The van der Waals surface area contributed by atoms with E-state index >= 15 is 0 Å². The van der Waals surface area contributed by atoms with E-state index in [-0.39, 0.29) is 17.6 Å². The van der Waals surface area contributed by atoms with Crippen molar-refractivity contribution in [3.63, 3.8) is 0 Å². The summed E-state index contributed by atoms with van der Waals surface area (Å²) in [6.07, 6.45) is 3.73. The maximum Gasteiger partial charge on any atom is 0.154 e. The van der Waals surface area contributed by atoms with Gasteiger partial charge in [0, 0.05) is 18.9 Å². The molecule has 0 amide bonds. The molecule has 4 nitrogen and oxygen atoms in total. The van der Waals surface area contributed by atoms with Crippen LogP contribution >= 0.6 is 0 Å². The van der Waals surface area contributed by atoms with E-state index in [9.17, 15) is 4.79 Å². The number of carbonyl (C=O) groups excluding carboxylic acids is 1. The second-order valence-corrected chi connectivity index (χ2v) is 3.68. The Morgan fingerprint density at radius 2 is 2.38 bits per heavy atom. The molecule has 0 spiro atoms. The summed E-state index contributed by atoms with van der Waals surface area (Å²) in [6.45, 7) is 1.65. The predicted octanol–water partition coefficient (Wildman–Crippen LogP) is 0.898. The minimum absolute atomic E-state index is 0.169. The van der Waals surface area contributed by atoms with Crippen molar-refractivity contribution < 1.29 is 4.79 Å². The number of aromatic nitrogens is 3. The van der Waals surface area contributed by atoms with Gasteiger partial charge in [-0.15, -0.1) is 0 Å². The molecule has 1 fully saturated rings. The Morgan fingerprint density at radius 3 is 2.77 bits per heavy atom. The zero-order valence-electron chi connectivity index (χ0n) is 7.90. The summed E-state index contributed by atoms with van der Waals surface area (Å²) in [5.41, 5.74) is 0. The third kappa shape index (κ3) is 1.36. The van der Waals surface area contributed by atoms with Crippen LogP contribution in [0.1, 0.15) is 31.5 Å². The summed E-state index contributed by atoms with van der Waals surface area (Å²) in [6, 6.07) is 0. The highest BCUT2D eigenvalue weighted by Crippen LogP contribution is 2.41. The van der Waals surface area contributed by atoms with E-state index in [1.54, 1.807) is 17.9 Å². The largest absolute Gasteiger partial charge is 0.300 e. The van der Waals surface area contributed by atoms with Gasteiger partial charge in [-0.2, -0.15) is 5.10 Å². The third-order valence-corrected chi connectivity index (χ3v) is 2.75. The zero-order chi connectivity index (χ0) is 9.42. The minimum Gasteiger partial charge on any atom is -0.300 e. The van der Waals surface area contributed by atoms with E-state index in [1.807, 2.05) is 7.05 Å². The van der Waals surface area contributed by atoms with Crippen molar-refractivity contribution in [2.24, 2.45) is 13.0 Å². The first-order valence-electron chi connectivity index (χ1n) is 4.54. The maximum absolute atomic E-state index is 11.2. The molecule has 1 aliphatic rings. The first-order chi connectivity index (χ1) is 6.18. The molecule has 2 rings (SSSR count). The van der Waals surface area contributed by atoms with Gasteiger partial charge in [0.15, 0.2) is 5.82 Å². The zero-order valence-corrected chi connectivity index (χ0v) is 7.90. The fraction of sp³-hybridized carbons (Fsp3) is 0.667. The van der Waals surface area contributed by atoms with Gasteiger partial charge in [-0.3, -0.25) is 9.48 Å². The SMILES string of the molecule is CC(=O)C1CCC1c1ncn(C)n1. The molecule has 0 aromatic carbocycles. The van der Waals surface area contributed by atoms with Crippen LogP contribution in [0.4, 0.5) is 0 Å². The van der Waals surface area contributed by atoms with Gasteiger partial charge in [0.2, 0.25) is 0 Å². The summed E-state index contributed by atoms with van der Waals surface area (Å²) in [5.74, 6) is 1.54. The Hall–Kier alpha value is -1.19. The lowest BCUT2D eigenvalue weighted by molar-refractivity contribution is -0.124. The number of hydrogen-bond donors (Lipinski definition) is 0. The molecule has 4 heteroatoms. The van der Waals surface area contributed by atoms with Crippen molar-refractivity contribution in [2.75, 3.05) is 0 Å². The van der Waals surface area contributed by atoms with E-state index in [4.69, 9.17) is 0 Å². The Kier molecular flexibility index (Phi) is 1.90. The summed E-state index contributed by atoms with van der Waals surface area (Å²) < 4.78 is 1.69. The lowest BCUT2D eigenvalue weighted by atomic mass is 9.71. The molecule has 0 radical (unpaired) electrons. The van der Waals surface area contributed by atoms with Crippen molar-refractivity contribution in [3.05, 3.63) is 12.2 Å². The van der Waals surface area contributed by atoms with E-state index < -0.39 is 0 Å². The quantitative estimate of drug-likeness (QED) is 0.677. The normalized spacial score (nSPS) is 26.9. The van der Waals surface area contributed by atoms with E-state index in [0.29, 0.717) is 0 Å². The molecule has 2 unspecified atom stereocenters. The highest BCUT2D eigenvalue weighted by molar-refractivity contribution is 5.80. The second kappa shape index (κ2) is 2.94. The molecule has 0 saturated heterocycles. The molecule has 0 aliphatic heterocycles. The molecule has 0 bridgehead atoms. The summed E-state index contributed by atoms with van der Waals surface area (Å²) in [7, 11) is 1.85. The smallest absolute Gasteiger partial charge is 0.154 e. The lowest BCUT2D eigenvalue weighted by Gasteiger charge is -2.32. The van der Waals surface area contributed by atoms with Crippen molar-refractivity contribution in [3.8, 4) is 0 Å². The molecule has 70 valence electrons. The van der Waals surface area contributed by atoms with Gasteiger partial charge >= 0.3 is 0 Å². The van der Waals surface area contributed by atoms with E-state index in [2.05, 4.69) is 10.1 Å². The molecule has 1 saturated carbocycles. The van der Waals surface area contributed by atoms with Gasteiger partial charge in [-0.25, -0.2) is 4.98 Å². The number of rotatable bonds is 2. The average Bonchev–Trinajstić information content (AvgIpc) is 2.32. The molecule has 2 atom stereocenters. The number of hydrogen-bond acceptors (Lipinski definition) is 3. The molecule has 0 N–H and O–H groups in total. The van der Waals surface area contributed by atoms with Crippen molar-refractivity contribution in [1.82, 2.24) is 14.8 Å². The van der Waals surface area contributed by atoms with Gasteiger partial charge in [0.1, 0.15) is 12.1 Å². The number of carbonyl (C=O) groups is 1. The van der Waals surface area contributed by atoms with Crippen LogP contribution in [0, 0.1) is 5.92 Å². The van der Waals surface area contributed by atoms with Gasteiger partial charge in [-0.1, -0.05) is 0 Å². The number of aryl methyl sites for hydroxylation is 1. The van der Waals surface area contributed by atoms with Crippen LogP contribution in [0.3, 0.4) is 0 Å². The first kappa shape index (κ1) is 8.41. The molecular formula is C9H13N3O. The van der Waals surface area contributed by atoms with Crippen LogP contribution in [0.25, 0.3) is 0 Å². The molecule has 1 heterocycles. The summed E-state index contributed by atoms with van der Waals surface area (Å²) in [5, 5.41) is 4.22. The molecule has 1 aromatic rings. The minimum atomic E-state index is 0.169. The third-order valence-electron chi connectivity index (χ3n) is 2.75. The lowest BCUT2D eigenvalue weighted by Crippen LogP contribution is -2.30. The van der Waals surface area contributed by atoms with Crippen molar-refractivity contribution >= 4 is 5.78 Å². The topological polar surface area (TPSA) is 47.8 Å². The van der Waals surface area contributed by atoms with Gasteiger partial charge in [0.25, 0.3) is 0 Å². The fourth-order valence-electron chi connectivity index (χ4n) is 1.82. The monoisotopic (exact) mass is 179 g/mol. The van der Waals surface area contributed by atoms with Crippen LogP contribution in [0.5, 0.6) is 0 Å². The Morgan fingerprint density at radius 1 is 1.62 bits per heavy atom. The Balaban J connectivity index is 2.14. The van der Waals surface area contributed by atoms with Crippen molar-refractivity contribution in [1.29, 1.82) is 0 Å². The predicted molar refractivity (Wildman–Crippen MR) is 47.1 cm³/mol. The van der Waals surface area contributed by atoms with Gasteiger partial charge in [0.05, 0.1) is 0 Å². The fourth-order valence-corrected chi connectivity index (χ4v) is 1.82. The van der Waals surface area contributed by atoms with Gasteiger partial charge < -0.3 is 0 Å². The van der Waals surface area contributed by atoms with E-state index in [0.717, 1.165) is 18.7 Å². The molecule has 1 aliphatic carbocycles. The van der Waals surface area contributed by atoms with E-state index in [1.165, 1.54) is 0 Å². The highest BCUT2D eigenvalue weighted by Gasteiger charge is 2.37. The highest BCUT2D eigenvalue weighted by atomic mass is 16.1. The number of Topliss-reactive ketones (excluding diaryl/α,β-unsaturated/α-hetero) is 1. The standard InChI is InChI=1S/C9H13N3O/c1-6(13)7-3-4-8(7)9-10-5-12(2)11-9/h5,7-8H,3-4H2,1-2H3. The molecular weight excluding hydrogens is 166 g/mol. The van der Waals surface area contributed by atoms with Crippen molar-refractivity contribution in [2.45, 2.75) is 25.7 Å². The molecule has 1 aromatic heterocycles. The van der Waals surface area contributed by atoms with Crippen LogP contribution in [-0.2, 0) is 11.8 Å². The first-order valence-corrected chi connectivity index (χ1v) is 4.54. The van der Waals surface area contributed by atoms with Crippen LogP contribution in [0.2, 0.25) is 0 Å². The summed E-state index contributed by atoms with van der Waals surface area (Å²) in [4.78, 5) is 15.3. The maximum atomic E-state index is 11.2. The van der Waals surface area contributed by atoms with Gasteiger partial charge in [-0.05, 0) is 19.8 Å². The summed E-state index contributed by atoms with van der Waals surface area (Å²) >= 11 is 0. The van der Waals surface area contributed by atoms with Crippen LogP contribution in [-0.4, -0.2) is 20.5 Å². The second-order valence-electron chi connectivity index (χ2n) is 3.68. The average molecular weight is 179 g/mol. The van der Waals surface area contributed by atoms with Crippen LogP contribution in [0.15, 0.2) is 6.33 Å². The number of ketones is 1. The van der Waals surface area contributed by atoms with Crippen LogP contribution < -0.4 is 0 Å². The number of nitrogens with zero attached hydrogens (tertiary/aromatic N) is 3. The Bertz CT molecular complexity index is 331.